The third-order valence-electron chi connectivity index (χ3n) is 3.54. The van der Waals surface area contributed by atoms with Crippen molar-refractivity contribution in [1.82, 2.24) is 14.9 Å². The predicted octanol–water partition coefficient (Wildman–Crippen LogP) is 3.45. The van der Waals surface area contributed by atoms with Crippen molar-refractivity contribution in [3.63, 3.8) is 0 Å². The SMILES string of the molecule is CCC(NCc1nccn1CC)c1ccc(C)cc1. The largest absolute Gasteiger partial charge is 0.334 e. The van der Waals surface area contributed by atoms with Crippen molar-refractivity contribution in [1.29, 1.82) is 0 Å². The monoisotopic (exact) mass is 257 g/mol. The summed E-state index contributed by atoms with van der Waals surface area (Å²) in [5, 5.41) is 3.60. The van der Waals surface area contributed by atoms with Crippen LogP contribution >= 0.6 is 0 Å². The Morgan fingerprint density at radius 3 is 2.58 bits per heavy atom. The van der Waals surface area contributed by atoms with Crippen molar-refractivity contribution in [2.45, 2.75) is 46.3 Å². The molecular formula is C16H23N3. The zero-order valence-electron chi connectivity index (χ0n) is 12.1. The number of nitrogens with one attached hydrogen (secondary N) is 1. The Kier molecular flexibility index (Phi) is 4.74. The molecule has 0 bridgehead atoms. The highest BCUT2D eigenvalue weighted by Crippen LogP contribution is 2.17. The van der Waals surface area contributed by atoms with Gasteiger partial charge in [-0.25, -0.2) is 4.98 Å². The Balaban J connectivity index is 2.01. The second-order valence-electron chi connectivity index (χ2n) is 4.88. The molecular weight excluding hydrogens is 234 g/mol. The minimum Gasteiger partial charge on any atom is -0.334 e. The van der Waals surface area contributed by atoms with Gasteiger partial charge in [0, 0.05) is 25.0 Å². The average Bonchev–Trinajstić information content (AvgIpc) is 2.89. The summed E-state index contributed by atoms with van der Waals surface area (Å²) in [7, 11) is 0. The molecule has 1 N–H and O–H groups in total. The van der Waals surface area contributed by atoms with Gasteiger partial charge >= 0.3 is 0 Å². The van der Waals surface area contributed by atoms with Crippen LogP contribution in [0.2, 0.25) is 0 Å². The summed E-state index contributed by atoms with van der Waals surface area (Å²) in [6, 6.07) is 9.16. The molecule has 19 heavy (non-hydrogen) atoms. The lowest BCUT2D eigenvalue weighted by atomic mass is 10.0. The molecule has 1 aromatic heterocycles. The van der Waals surface area contributed by atoms with Crippen molar-refractivity contribution in [2.75, 3.05) is 0 Å². The van der Waals surface area contributed by atoms with Gasteiger partial charge in [0.15, 0.2) is 0 Å². The maximum Gasteiger partial charge on any atom is 0.122 e. The van der Waals surface area contributed by atoms with E-state index >= 15 is 0 Å². The van der Waals surface area contributed by atoms with Crippen LogP contribution < -0.4 is 5.32 Å². The fourth-order valence-corrected chi connectivity index (χ4v) is 2.31. The second-order valence-corrected chi connectivity index (χ2v) is 4.88. The molecule has 3 heteroatoms. The molecule has 1 heterocycles. The first kappa shape index (κ1) is 13.8. The summed E-state index contributed by atoms with van der Waals surface area (Å²) in [6.07, 6.45) is 4.98. The first-order valence-electron chi connectivity index (χ1n) is 7.04. The average molecular weight is 257 g/mol. The summed E-state index contributed by atoms with van der Waals surface area (Å²) in [4.78, 5) is 4.40. The Morgan fingerprint density at radius 1 is 1.21 bits per heavy atom. The molecule has 1 unspecified atom stereocenters. The maximum absolute atomic E-state index is 4.40. The molecule has 2 rings (SSSR count). The minimum absolute atomic E-state index is 0.391. The van der Waals surface area contributed by atoms with E-state index in [2.05, 4.69) is 59.9 Å². The van der Waals surface area contributed by atoms with E-state index in [9.17, 15) is 0 Å². The second kappa shape index (κ2) is 6.53. The first-order chi connectivity index (χ1) is 9.24. The van der Waals surface area contributed by atoms with E-state index in [-0.39, 0.29) is 0 Å². The Hall–Kier alpha value is -1.61. The normalized spacial score (nSPS) is 12.6. The van der Waals surface area contributed by atoms with Crippen LogP contribution in [0.15, 0.2) is 36.7 Å². The zero-order chi connectivity index (χ0) is 13.7. The quantitative estimate of drug-likeness (QED) is 0.859. The lowest BCUT2D eigenvalue weighted by molar-refractivity contribution is 0.497. The molecule has 0 fully saturated rings. The molecule has 0 radical (unpaired) electrons. The minimum atomic E-state index is 0.391. The van der Waals surface area contributed by atoms with Crippen LogP contribution in [0.5, 0.6) is 0 Å². The fraction of sp³-hybridized carbons (Fsp3) is 0.438. The molecule has 0 saturated heterocycles. The van der Waals surface area contributed by atoms with Gasteiger partial charge in [0.2, 0.25) is 0 Å². The van der Waals surface area contributed by atoms with Gasteiger partial charge in [0.25, 0.3) is 0 Å². The highest BCUT2D eigenvalue weighted by molar-refractivity contribution is 5.24. The van der Waals surface area contributed by atoms with E-state index in [1.54, 1.807) is 0 Å². The summed E-state index contributed by atoms with van der Waals surface area (Å²) in [5.41, 5.74) is 2.66. The van der Waals surface area contributed by atoms with Gasteiger partial charge in [-0.2, -0.15) is 0 Å². The van der Waals surface area contributed by atoms with Crippen LogP contribution in [0, 0.1) is 6.92 Å². The van der Waals surface area contributed by atoms with E-state index in [0.717, 1.165) is 25.3 Å². The van der Waals surface area contributed by atoms with Gasteiger partial charge in [0.1, 0.15) is 5.82 Å². The molecule has 3 nitrogen and oxygen atoms in total. The predicted molar refractivity (Wildman–Crippen MR) is 79.0 cm³/mol. The Bertz CT molecular complexity index is 499. The summed E-state index contributed by atoms with van der Waals surface area (Å²) in [5.74, 6) is 1.10. The van der Waals surface area contributed by atoms with E-state index < -0.39 is 0 Å². The number of hydrogen-bond donors (Lipinski definition) is 1. The number of aromatic nitrogens is 2. The summed E-state index contributed by atoms with van der Waals surface area (Å²) in [6.45, 7) is 8.26. The van der Waals surface area contributed by atoms with Crippen LogP contribution in [-0.2, 0) is 13.1 Å². The maximum atomic E-state index is 4.40. The smallest absolute Gasteiger partial charge is 0.122 e. The summed E-state index contributed by atoms with van der Waals surface area (Å²) < 4.78 is 2.18. The third-order valence-corrected chi connectivity index (χ3v) is 3.54. The highest BCUT2D eigenvalue weighted by atomic mass is 15.1. The number of rotatable bonds is 6. The van der Waals surface area contributed by atoms with Crippen molar-refractivity contribution in [2.24, 2.45) is 0 Å². The van der Waals surface area contributed by atoms with Crippen LogP contribution in [-0.4, -0.2) is 9.55 Å². The molecule has 2 aromatic rings. The number of nitrogens with zero attached hydrogens (tertiary/aromatic N) is 2. The van der Waals surface area contributed by atoms with Crippen LogP contribution in [0.1, 0.15) is 43.3 Å². The molecule has 0 spiro atoms. The molecule has 0 aliphatic rings. The van der Waals surface area contributed by atoms with Gasteiger partial charge < -0.3 is 9.88 Å². The van der Waals surface area contributed by atoms with Gasteiger partial charge in [-0.3, -0.25) is 0 Å². The third kappa shape index (κ3) is 3.44. The van der Waals surface area contributed by atoms with Crippen LogP contribution in [0.3, 0.4) is 0 Å². The lowest BCUT2D eigenvalue weighted by Gasteiger charge is -2.18. The molecule has 1 atom stereocenters. The van der Waals surface area contributed by atoms with Crippen molar-refractivity contribution >= 4 is 0 Å². The molecule has 0 aliphatic heterocycles. The van der Waals surface area contributed by atoms with Gasteiger partial charge in [-0.05, 0) is 25.8 Å². The van der Waals surface area contributed by atoms with E-state index in [1.165, 1.54) is 11.1 Å². The van der Waals surface area contributed by atoms with Gasteiger partial charge in [-0.15, -0.1) is 0 Å². The van der Waals surface area contributed by atoms with Crippen LogP contribution in [0.25, 0.3) is 0 Å². The standard InChI is InChI=1S/C16H23N3/c1-4-15(14-8-6-13(3)7-9-14)18-12-16-17-10-11-19(16)5-2/h6-11,15,18H,4-5,12H2,1-3H3. The Labute approximate surface area is 115 Å². The number of hydrogen-bond acceptors (Lipinski definition) is 2. The van der Waals surface area contributed by atoms with Crippen molar-refractivity contribution in [3.8, 4) is 0 Å². The molecule has 102 valence electrons. The van der Waals surface area contributed by atoms with Crippen LogP contribution in [0.4, 0.5) is 0 Å². The number of imidazole rings is 1. The van der Waals surface area contributed by atoms with Crippen molar-refractivity contribution < 1.29 is 0 Å². The molecule has 0 amide bonds. The van der Waals surface area contributed by atoms with E-state index in [4.69, 9.17) is 0 Å². The number of aryl methyl sites for hydroxylation is 2. The molecule has 1 aromatic carbocycles. The van der Waals surface area contributed by atoms with Gasteiger partial charge in [0.05, 0.1) is 6.54 Å². The van der Waals surface area contributed by atoms with Crippen molar-refractivity contribution in [3.05, 3.63) is 53.6 Å². The topological polar surface area (TPSA) is 29.9 Å². The van der Waals surface area contributed by atoms with E-state index in [1.807, 2.05) is 12.4 Å². The Morgan fingerprint density at radius 2 is 1.95 bits per heavy atom. The lowest BCUT2D eigenvalue weighted by Crippen LogP contribution is -2.22. The van der Waals surface area contributed by atoms with E-state index in [0.29, 0.717) is 6.04 Å². The summed E-state index contributed by atoms with van der Waals surface area (Å²) >= 11 is 0. The highest BCUT2D eigenvalue weighted by Gasteiger charge is 2.10. The first-order valence-corrected chi connectivity index (χ1v) is 7.04. The molecule has 0 aliphatic carbocycles. The molecule has 0 saturated carbocycles. The van der Waals surface area contributed by atoms with Gasteiger partial charge in [-0.1, -0.05) is 36.8 Å². The zero-order valence-corrected chi connectivity index (χ0v) is 12.1. The fourth-order valence-electron chi connectivity index (χ4n) is 2.31. The number of benzene rings is 1.